The summed E-state index contributed by atoms with van der Waals surface area (Å²) >= 11 is 0. The van der Waals surface area contributed by atoms with Crippen molar-refractivity contribution in [3.05, 3.63) is 34.9 Å². The Morgan fingerprint density at radius 1 is 1.35 bits per heavy atom. The molecule has 0 atom stereocenters. The number of carbonyl (C=O) groups excluding carboxylic acids is 1. The highest BCUT2D eigenvalue weighted by Gasteiger charge is 2.15. The molecule has 0 saturated heterocycles. The summed E-state index contributed by atoms with van der Waals surface area (Å²) < 4.78 is 31.4. The molecule has 9 heteroatoms. The van der Waals surface area contributed by atoms with Crippen molar-refractivity contribution in [2.45, 2.75) is 13.3 Å². The van der Waals surface area contributed by atoms with Crippen molar-refractivity contribution in [3.8, 4) is 5.75 Å². The van der Waals surface area contributed by atoms with Crippen LogP contribution >= 0.6 is 0 Å². The van der Waals surface area contributed by atoms with Gasteiger partial charge in [0.25, 0.3) is 16.0 Å². The lowest BCUT2D eigenvalue weighted by molar-refractivity contribution is -0.114. The second-order valence-electron chi connectivity index (χ2n) is 4.88. The van der Waals surface area contributed by atoms with Crippen molar-refractivity contribution in [3.63, 3.8) is 0 Å². The first-order chi connectivity index (χ1) is 10.6. The zero-order valence-electron chi connectivity index (χ0n) is 12.8. The SMILES string of the molecule is CS(=O)(=O)O.Cc1ccc2c(c1)C=C(C(=O)N=C(N)N)CCO2. The number of guanidine groups is 1. The number of rotatable bonds is 1. The number of carbonyl (C=O) groups is 1. The highest BCUT2D eigenvalue weighted by atomic mass is 32.2. The summed E-state index contributed by atoms with van der Waals surface area (Å²) in [7, 11) is -3.67. The van der Waals surface area contributed by atoms with E-state index in [0.29, 0.717) is 24.9 Å². The molecule has 1 amide bonds. The van der Waals surface area contributed by atoms with Crippen LogP contribution in [0, 0.1) is 6.92 Å². The van der Waals surface area contributed by atoms with Gasteiger partial charge in [-0.15, -0.1) is 0 Å². The average Bonchev–Trinajstić information content (AvgIpc) is 2.57. The third-order valence-corrected chi connectivity index (χ3v) is 2.63. The molecule has 1 aromatic carbocycles. The van der Waals surface area contributed by atoms with Crippen molar-refractivity contribution >= 4 is 28.1 Å². The van der Waals surface area contributed by atoms with Crippen LogP contribution in [0.25, 0.3) is 6.08 Å². The first kappa shape index (κ1) is 18.7. The summed E-state index contributed by atoms with van der Waals surface area (Å²) in [6.07, 6.45) is 2.99. The van der Waals surface area contributed by atoms with Gasteiger partial charge in [-0.25, -0.2) is 0 Å². The Bertz CT molecular complexity index is 742. The van der Waals surface area contributed by atoms with Crippen molar-refractivity contribution in [2.24, 2.45) is 16.5 Å². The fourth-order valence-corrected chi connectivity index (χ4v) is 1.80. The summed E-state index contributed by atoms with van der Waals surface area (Å²) in [6, 6.07) is 5.83. The number of nitrogens with two attached hydrogens (primary N) is 2. The molecule has 0 bridgehead atoms. The van der Waals surface area contributed by atoms with Crippen molar-refractivity contribution in [1.29, 1.82) is 0 Å². The average molecular weight is 341 g/mol. The van der Waals surface area contributed by atoms with Gasteiger partial charge in [-0.1, -0.05) is 11.6 Å². The third-order valence-electron chi connectivity index (χ3n) is 2.63. The molecule has 0 unspecified atom stereocenters. The molecule has 8 nitrogen and oxygen atoms in total. The predicted molar refractivity (Wildman–Crippen MR) is 87.6 cm³/mol. The highest BCUT2D eigenvalue weighted by Crippen LogP contribution is 2.27. The normalized spacial score (nSPS) is 13.3. The zero-order valence-corrected chi connectivity index (χ0v) is 13.6. The van der Waals surface area contributed by atoms with Crippen LogP contribution in [0.3, 0.4) is 0 Å². The Morgan fingerprint density at radius 3 is 2.52 bits per heavy atom. The Morgan fingerprint density at radius 2 is 1.96 bits per heavy atom. The topological polar surface area (TPSA) is 145 Å². The van der Waals surface area contributed by atoms with Gasteiger partial charge in [0.05, 0.1) is 12.9 Å². The minimum absolute atomic E-state index is 0.226. The molecule has 1 aromatic rings. The molecule has 5 N–H and O–H groups in total. The summed E-state index contributed by atoms with van der Waals surface area (Å²) in [5.41, 5.74) is 12.9. The number of nitrogens with zero attached hydrogens (tertiary/aromatic N) is 1. The molecule has 0 fully saturated rings. The maximum atomic E-state index is 11.8. The molecule has 0 radical (unpaired) electrons. The number of aliphatic imine (C=N–C) groups is 1. The van der Waals surface area contributed by atoms with Gasteiger partial charge in [0.2, 0.25) is 0 Å². The summed E-state index contributed by atoms with van der Waals surface area (Å²) in [6.45, 7) is 2.42. The van der Waals surface area contributed by atoms with E-state index in [2.05, 4.69) is 4.99 Å². The fourth-order valence-electron chi connectivity index (χ4n) is 1.80. The quantitative estimate of drug-likeness (QED) is 0.382. The van der Waals surface area contributed by atoms with Gasteiger partial charge >= 0.3 is 0 Å². The number of hydrogen-bond acceptors (Lipinski definition) is 4. The maximum absolute atomic E-state index is 11.8. The Hall–Kier alpha value is -2.39. The number of ether oxygens (including phenoxy) is 1. The van der Waals surface area contributed by atoms with E-state index in [1.54, 1.807) is 6.08 Å². The van der Waals surface area contributed by atoms with Crippen LogP contribution in [0.2, 0.25) is 0 Å². The van der Waals surface area contributed by atoms with E-state index in [9.17, 15) is 13.2 Å². The molecule has 0 saturated carbocycles. The molecule has 0 aliphatic carbocycles. The van der Waals surface area contributed by atoms with E-state index in [4.69, 9.17) is 20.8 Å². The first-order valence-corrected chi connectivity index (χ1v) is 8.41. The van der Waals surface area contributed by atoms with Crippen LogP contribution in [-0.2, 0) is 14.9 Å². The zero-order chi connectivity index (χ0) is 17.6. The van der Waals surface area contributed by atoms with Gasteiger partial charge < -0.3 is 16.2 Å². The molecule has 1 heterocycles. The van der Waals surface area contributed by atoms with Crippen LogP contribution in [0.15, 0.2) is 28.8 Å². The Kier molecular flexibility index (Phi) is 6.28. The largest absolute Gasteiger partial charge is 0.493 e. The standard InChI is InChI=1S/C13H15N3O2.CH4O3S/c1-8-2-3-11-10(6-8)7-9(4-5-18-11)12(17)16-13(14)15;1-5(2,3)4/h2-3,6-7H,4-5H2,1H3,(H4,14,15,16,17);1H3,(H,2,3,4). The van der Waals surface area contributed by atoms with E-state index in [0.717, 1.165) is 16.9 Å². The lowest BCUT2D eigenvalue weighted by atomic mass is 10.1. The maximum Gasteiger partial charge on any atom is 0.276 e. The van der Waals surface area contributed by atoms with E-state index < -0.39 is 16.0 Å². The second kappa shape index (κ2) is 7.75. The van der Waals surface area contributed by atoms with Gasteiger partial charge in [-0.05, 0) is 25.1 Å². The highest BCUT2D eigenvalue weighted by molar-refractivity contribution is 7.85. The van der Waals surface area contributed by atoms with E-state index in [1.807, 2.05) is 25.1 Å². The number of aryl methyl sites for hydroxylation is 1. The van der Waals surface area contributed by atoms with Crippen LogP contribution < -0.4 is 16.2 Å². The smallest absolute Gasteiger partial charge is 0.276 e. The molecule has 0 aromatic heterocycles. The molecule has 23 heavy (non-hydrogen) atoms. The molecular formula is C14H19N3O5S. The van der Waals surface area contributed by atoms with Gasteiger partial charge in [0.1, 0.15) is 5.75 Å². The molecule has 0 spiro atoms. The number of benzene rings is 1. The van der Waals surface area contributed by atoms with Gasteiger partial charge in [0.15, 0.2) is 5.96 Å². The summed E-state index contributed by atoms with van der Waals surface area (Å²) in [4.78, 5) is 15.3. The molecule has 126 valence electrons. The van der Waals surface area contributed by atoms with Crippen molar-refractivity contribution in [1.82, 2.24) is 0 Å². The van der Waals surface area contributed by atoms with E-state index in [-0.39, 0.29) is 5.96 Å². The Balaban J connectivity index is 0.000000463. The van der Waals surface area contributed by atoms with E-state index in [1.165, 1.54) is 0 Å². The van der Waals surface area contributed by atoms with E-state index >= 15 is 0 Å². The third kappa shape index (κ3) is 7.43. The lowest BCUT2D eigenvalue weighted by Gasteiger charge is -2.05. The van der Waals surface area contributed by atoms with Crippen LogP contribution in [0.1, 0.15) is 17.5 Å². The molecular weight excluding hydrogens is 322 g/mol. The first-order valence-electron chi connectivity index (χ1n) is 6.56. The van der Waals surface area contributed by atoms with Crippen LogP contribution in [0.5, 0.6) is 5.75 Å². The number of fused-ring (bicyclic) bond motifs is 1. The van der Waals surface area contributed by atoms with Gasteiger partial charge in [-0.2, -0.15) is 13.4 Å². The van der Waals surface area contributed by atoms with Gasteiger partial charge in [0, 0.05) is 17.6 Å². The summed E-state index contributed by atoms with van der Waals surface area (Å²) in [5.74, 6) is 0.136. The fraction of sp³-hybridized carbons (Fsp3) is 0.286. The molecule has 1 aliphatic heterocycles. The number of hydrogen-bond donors (Lipinski definition) is 3. The number of amides is 1. The lowest BCUT2D eigenvalue weighted by Crippen LogP contribution is -2.24. The van der Waals surface area contributed by atoms with Crippen molar-refractivity contribution < 1.29 is 22.5 Å². The van der Waals surface area contributed by atoms with Crippen LogP contribution in [-0.4, -0.2) is 37.7 Å². The predicted octanol–water partition coefficient (Wildman–Crippen LogP) is 0.465. The Labute approximate surface area is 134 Å². The second-order valence-corrected chi connectivity index (χ2v) is 6.35. The van der Waals surface area contributed by atoms with Crippen LogP contribution in [0.4, 0.5) is 0 Å². The monoisotopic (exact) mass is 341 g/mol. The van der Waals surface area contributed by atoms with Crippen molar-refractivity contribution in [2.75, 3.05) is 12.9 Å². The molecule has 1 aliphatic rings. The minimum Gasteiger partial charge on any atom is -0.493 e. The summed E-state index contributed by atoms with van der Waals surface area (Å²) in [5, 5.41) is 0. The van der Waals surface area contributed by atoms with Gasteiger partial charge in [-0.3, -0.25) is 9.35 Å². The molecule has 2 rings (SSSR count). The minimum atomic E-state index is -3.67.